The van der Waals surface area contributed by atoms with Crippen LogP contribution in [0.2, 0.25) is 0 Å². The van der Waals surface area contributed by atoms with Gasteiger partial charge in [-0.05, 0) is 44.0 Å². The maximum absolute atomic E-state index is 12.4. The summed E-state index contributed by atoms with van der Waals surface area (Å²) in [6.45, 7) is 5.01. The Morgan fingerprint density at radius 2 is 2.10 bits per heavy atom. The van der Waals surface area contributed by atoms with Crippen LogP contribution in [0.5, 0.6) is 5.88 Å². The highest BCUT2D eigenvalue weighted by atomic mass is 16.5. The number of pyridine rings is 2. The summed E-state index contributed by atoms with van der Waals surface area (Å²) in [4.78, 5) is 21.3. The van der Waals surface area contributed by atoms with Crippen LogP contribution in [0.1, 0.15) is 35.0 Å². The van der Waals surface area contributed by atoms with E-state index in [-0.39, 0.29) is 5.56 Å². The maximum atomic E-state index is 12.4. The van der Waals surface area contributed by atoms with Crippen LogP contribution >= 0.6 is 0 Å². The van der Waals surface area contributed by atoms with Crippen molar-refractivity contribution in [1.82, 2.24) is 19.7 Å². The number of aryl methyl sites for hydroxylation is 3. The van der Waals surface area contributed by atoms with E-state index < -0.39 is 0 Å². The molecule has 3 aromatic heterocycles. The second-order valence-electron chi connectivity index (χ2n) is 7.54. The van der Waals surface area contributed by atoms with Crippen molar-refractivity contribution in [2.75, 3.05) is 11.9 Å². The van der Waals surface area contributed by atoms with Gasteiger partial charge in [0, 0.05) is 54.8 Å². The average molecular weight is 391 g/mol. The maximum Gasteiger partial charge on any atom is 0.290 e. The van der Waals surface area contributed by atoms with Gasteiger partial charge in [-0.2, -0.15) is 0 Å². The van der Waals surface area contributed by atoms with Gasteiger partial charge < -0.3 is 10.1 Å². The van der Waals surface area contributed by atoms with Gasteiger partial charge >= 0.3 is 0 Å². The van der Waals surface area contributed by atoms with Crippen LogP contribution in [-0.2, 0) is 13.6 Å². The molecule has 1 aliphatic carbocycles. The number of aromatic nitrogens is 4. The molecule has 0 amide bonds. The van der Waals surface area contributed by atoms with Gasteiger partial charge in [-0.1, -0.05) is 12.1 Å². The van der Waals surface area contributed by atoms with Crippen LogP contribution in [-0.4, -0.2) is 26.4 Å². The molecule has 7 nitrogen and oxygen atoms in total. The molecule has 0 bridgehead atoms. The summed E-state index contributed by atoms with van der Waals surface area (Å²) >= 11 is 0. The van der Waals surface area contributed by atoms with Gasteiger partial charge in [0.2, 0.25) is 5.88 Å². The van der Waals surface area contributed by atoms with Crippen molar-refractivity contribution in [2.45, 2.75) is 32.7 Å². The summed E-state index contributed by atoms with van der Waals surface area (Å²) in [5.74, 6) is 1.32. The molecule has 1 fully saturated rings. The molecule has 4 rings (SSSR count). The lowest BCUT2D eigenvalue weighted by atomic mass is 10.2. The lowest BCUT2D eigenvalue weighted by Crippen LogP contribution is -2.24. The molecule has 150 valence electrons. The van der Waals surface area contributed by atoms with Gasteiger partial charge in [0.1, 0.15) is 5.69 Å². The SMILES string of the molecule is Cc1ccc(CNc2cc(OC[C@H]3C[C@@H]3c3ccccn3)nn(C)c2=O)c(C)n1. The molecule has 0 spiro atoms. The van der Waals surface area contributed by atoms with Crippen molar-refractivity contribution < 1.29 is 4.74 Å². The second-order valence-corrected chi connectivity index (χ2v) is 7.54. The lowest BCUT2D eigenvalue weighted by molar-refractivity contribution is 0.278. The normalized spacial score (nSPS) is 17.8. The highest BCUT2D eigenvalue weighted by Crippen LogP contribution is 2.46. The molecule has 7 heteroatoms. The molecule has 29 heavy (non-hydrogen) atoms. The van der Waals surface area contributed by atoms with Crippen LogP contribution in [0.25, 0.3) is 0 Å². The highest BCUT2D eigenvalue weighted by Gasteiger charge is 2.39. The molecular weight excluding hydrogens is 366 g/mol. The third kappa shape index (κ3) is 4.45. The van der Waals surface area contributed by atoms with Gasteiger partial charge in [-0.25, -0.2) is 4.68 Å². The van der Waals surface area contributed by atoms with Crippen LogP contribution in [0.3, 0.4) is 0 Å². The number of hydrogen-bond acceptors (Lipinski definition) is 6. The van der Waals surface area contributed by atoms with Gasteiger partial charge in [0.15, 0.2) is 0 Å². The zero-order valence-corrected chi connectivity index (χ0v) is 16.9. The van der Waals surface area contributed by atoms with Crippen LogP contribution < -0.4 is 15.6 Å². The van der Waals surface area contributed by atoms with Crippen molar-refractivity contribution in [3.05, 3.63) is 75.6 Å². The zero-order chi connectivity index (χ0) is 20.4. The summed E-state index contributed by atoms with van der Waals surface area (Å²) in [7, 11) is 1.63. The molecule has 0 unspecified atom stereocenters. The first-order chi connectivity index (χ1) is 14.0. The molecule has 3 heterocycles. The standard InChI is InChI=1S/C22H25N5O2/c1-14-7-8-16(15(2)25-14)12-24-20-11-21(26-27(3)22(20)28)29-13-17-10-18(17)19-6-4-5-9-23-19/h4-9,11,17-18,24H,10,12-13H2,1-3H3/t17-,18+/m1/s1. The monoisotopic (exact) mass is 391 g/mol. The summed E-state index contributed by atoms with van der Waals surface area (Å²) in [5.41, 5.74) is 4.37. The molecule has 3 aromatic rings. The van der Waals surface area contributed by atoms with Crippen molar-refractivity contribution in [3.63, 3.8) is 0 Å². The van der Waals surface area contributed by atoms with Crippen LogP contribution in [0.4, 0.5) is 5.69 Å². The van der Waals surface area contributed by atoms with Crippen molar-refractivity contribution in [3.8, 4) is 5.88 Å². The van der Waals surface area contributed by atoms with Gasteiger partial charge in [-0.15, -0.1) is 5.10 Å². The minimum atomic E-state index is -0.187. The van der Waals surface area contributed by atoms with E-state index in [1.165, 1.54) is 4.68 Å². The van der Waals surface area contributed by atoms with Crippen molar-refractivity contribution in [1.29, 1.82) is 0 Å². The smallest absolute Gasteiger partial charge is 0.290 e. The van der Waals surface area contributed by atoms with Gasteiger partial charge in [-0.3, -0.25) is 14.8 Å². The third-order valence-electron chi connectivity index (χ3n) is 5.28. The highest BCUT2D eigenvalue weighted by molar-refractivity contribution is 5.44. The Bertz CT molecular complexity index is 1060. The second kappa shape index (κ2) is 8.03. The summed E-state index contributed by atoms with van der Waals surface area (Å²) < 4.78 is 7.21. The average Bonchev–Trinajstić information content (AvgIpc) is 3.49. The van der Waals surface area contributed by atoms with E-state index in [0.717, 1.165) is 29.1 Å². The molecule has 2 atom stereocenters. The largest absolute Gasteiger partial charge is 0.476 e. The van der Waals surface area contributed by atoms with E-state index in [2.05, 4.69) is 26.4 Å². The molecule has 0 radical (unpaired) electrons. The molecule has 0 saturated heterocycles. The summed E-state index contributed by atoms with van der Waals surface area (Å²) in [6, 6.07) is 11.7. The number of rotatable bonds is 7. The number of anilines is 1. The van der Waals surface area contributed by atoms with E-state index >= 15 is 0 Å². The van der Waals surface area contributed by atoms with Gasteiger partial charge in [0.05, 0.1) is 6.61 Å². The third-order valence-corrected chi connectivity index (χ3v) is 5.28. The first-order valence-electron chi connectivity index (χ1n) is 9.80. The predicted octanol–water partition coefficient (Wildman–Crippen LogP) is 2.98. The van der Waals surface area contributed by atoms with E-state index in [0.29, 0.717) is 36.6 Å². The number of nitrogens with one attached hydrogen (secondary N) is 1. The van der Waals surface area contributed by atoms with Crippen LogP contribution in [0, 0.1) is 19.8 Å². The van der Waals surface area contributed by atoms with Gasteiger partial charge in [0.25, 0.3) is 5.56 Å². The first-order valence-corrected chi connectivity index (χ1v) is 9.80. The minimum absolute atomic E-state index is 0.187. The Balaban J connectivity index is 1.40. The number of hydrogen-bond donors (Lipinski definition) is 1. The molecular formula is C22H25N5O2. The summed E-state index contributed by atoms with van der Waals surface area (Å²) in [5, 5.41) is 7.43. The number of nitrogens with zero attached hydrogens (tertiary/aromatic N) is 4. The van der Waals surface area contributed by atoms with E-state index in [4.69, 9.17) is 4.74 Å². The fraction of sp³-hybridized carbons (Fsp3) is 0.364. The Morgan fingerprint density at radius 1 is 1.24 bits per heavy atom. The number of ether oxygens (including phenoxy) is 1. The Hall–Kier alpha value is -3.22. The fourth-order valence-corrected chi connectivity index (χ4v) is 3.45. The first kappa shape index (κ1) is 19.1. The topological polar surface area (TPSA) is 81.9 Å². The summed E-state index contributed by atoms with van der Waals surface area (Å²) in [6.07, 6.45) is 2.89. The fourth-order valence-electron chi connectivity index (χ4n) is 3.45. The van der Waals surface area contributed by atoms with Crippen molar-refractivity contribution in [2.24, 2.45) is 13.0 Å². The Labute approximate surface area is 169 Å². The van der Waals surface area contributed by atoms with E-state index in [9.17, 15) is 4.79 Å². The lowest BCUT2D eigenvalue weighted by Gasteiger charge is -2.12. The molecule has 1 saturated carbocycles. The minimum Gasteiger partial charge on any atom is -0.476 e. The predicted molar refractivity (Wildman–Crippen MR) is 111 cm³/mol. The van der Waals surface area contributed by atoms with Crippen molar-refractivity contribution >= 4 is 5.69 Å². The van der Waals surface area contributed by atoms with E-state index in [1.54, 1.807) is 13.1 Å². The molecule has 0 aromatic carbocycles. The molecule has 0 aliphatic heterocycles. The molecule has 1 N–H and O–H groups in total. The Morgan fingerprint density at radius 3 is 2.86 bits per heavy atom. The van der Waals surface area contributed by atoms with Crippen LogP contribution in [0.15, 0.2) is 47.4 Å². The Kier molecular flexibility index (Phi) is 5.29. The quantitative estimate of drug-likeness (QED) is 0.667. The molecule has 1 aliphatic rings. The van der Waals surface area contributed by atoms with E-state index in [1.807, 2.05) is 44.3 Å². The zero-order valence-electron chi connectivity index (χ0n) is 16.9.